The third-order valence-corrected chi connectivity index (χ3v) is 4.31. The lowest BCUT2D eigenvalue weighted by molar-refractivity contribution is -0.152. The van der Waals surface area contributed by atoms with E-state index in [0.717, 1.165) is 0 Å². The molecule has 0 aliphatic rings. The van der Waals surface area contributed by atoms with Crippen molar-refractivity contribution in [1.29, 1.82) is 0 Å². The highest BCUT2D eigenvalue weighted by Crippen LogP contribution is 2.38. The first-order valence-corrected chi connectivity index (χ1v) is 9.19. The topological polar surface area (TPSA) is 100 Å². The number of carbonyl (C=O) groups is 3. The van der Waals surface area contributed by atoms with Gasteiger partial charge in [-0.25, -0.2) is 0 Å². The summed E-state index contributed by atoms with van der Waals surface area (Å²) in [7, 11) is 4.45. The number of esters is 1. The Bertz CT molecular complexity index is 897. The molecule has 0 unspecified atom stereocenters. The van der Waals surface area contributed by atoms with Crippen molar-refractivity contribution in [2.24, 2.45) is 0 Å². The predicted octanol–water partition coefficient (Wildman–Crippen LogP) is 3.03. The van der Waals surface area contributed by atoms with Gasteiger partial charge in [-0.15, -0.1) is 0 Å². The van der Waals surface area contributed by atoms with E-state index in [0.29, 0.717) is 34.1 Å². The molecule has 0 spiro atoms. The number of methoxy groups -OCH3 is 3. The summed E-state index contributed by atoms with van der Waals surface area (Å²) in [4.78, 5) is 35.9. The number of amides is 1. The zero-order valence-corrected chi connectivity index (χ0v) is 17.6. The van der Waals surface area contributed by atoms with Crippen LogP contribution in [0.15, 0.2) is 36.4 Å². The van der Waals surface area contributed by atoms with Gasteiger partial charge in [-0.05, 0) is 55.8 Å². The Hall–Kier alpha value is -3.55. The van der Waals surface area contributed by atoms with Gasteiger partial charge in [-0.2, -0.15) is 0 Å². The number of benzene rings is 2. The van der Waals surface area contributed by atoms with Gasteiger partial charge in [0.2, 0.25) is 5.75 Å². The molecule has 8 nitrogen and oxygen atoms in total. The number of hydrogen-bond donors (Lipinski definition) is 1. The van der Waals surface area contributed by atoms with Crippen molar-refractivity contribution < 1.29 is 33.3 Å². The molecular formula is C22H25NO7. The van der Waals surface area contributed by atoms with Crippen LogP contribution < -0.4 is 19.5 Å². The molecule has 1 amide bonds. The predicted molar refractivity (Wildman–Crippen MR) is 110 cm³/mol. The van der Waals surface area contributed by atoms with Gasteiger partial charge in [-0.1, -0.05) is 0 Å². The standard InChI is InChI=1S/C22H25NO7/c1-13(24)16-6-8-17(9-7-16)23-22(26)14(2)30-20(25)12-15-10-18(27-3)21(29-5)19(11-15)28-4/h6-11,14H,12H2,1-5H3,(H,23,26)/t14-/m0/s1. The molecule has 0 heterocycles. The highest BCUT2D eigenvalue weighted by molar-refractivity contribution is 5.97. The highest BCUT2D eigenvalue weighted by atomic mass is 16.5. The second-order valence-corrected chi connectivity index (χ2v) is 6.47. The fourth-order valence-electron chi connectivity index (χ4n) is 2.73. The van der Waals surface area contributed by atoms with E-state index >= 15 is 0 Å². The second kappa shape index (κ2) is 10.3. The number of ether oxygens (including phenoxy) is 4. The minimum atomic E-state index is -1.01. The SMILES string of the molecule is COc1cc(CC(=O)O[C@@H](C)C(=O)Nc2ccc(C(C)=O)cc2)cc(OC)c1OC. The molecule has 0 saturated heterocycles. The zero-order chi connectivity index (χ0) is 22.3. The van der Waals surface area contributed by atoms with Gasteiger partial charge in [0, 0.05) is 11.3 Å². The van der Waals surface area contributed by atoms with Crippen LogP contribution in [-0.4, -0.2) is 45.1 Å². The maximum Gasteiger partial charge on any atom is 0.311 e. The fraction of sp³-hybridized carbons (Fsp3) is 0.318. The molecule has 0 fully saturated rings. The molecule has 0 aliphatic carbocycles. The summed E-state index contributed by atoms with van der Waals surface area (Å²) in [5, 5.41) is 2.64. The van der Waals surface area contributed by atoms with E-state index < -0.39 is 18.0 Å². The van der Waals surface area contributed by atoms with Crippen LogP contribution in [0.1, 0.15) is 29.8 Å². The van der Waals surface area contributed by atoms with Crippen molar-refractivity contribution in [3.8, 4) is 17.2 Å². The molecule has 0 radical (unpaired) electrons. The normalized spacial score (nSPS) is 11.2. The number of anilines is 1. The number of nitrogens with one attached hydrogen (secondary N) is 1. The summed E-state index contributed by atoms with van der Waals surface area (Å²) in [5.74, 6) is 0.115. The molecule has 2 aromatic carbocycles. The fourth-order valence-corrected chi connectivity index (χ4v) is 2.73. The van der Waals surface area contributed by atoms with Crippen LogP contribution in [-0.2, 0) is 20.7 Å². The second-order valence-electron chi connectivity index (χ2n) is 6.47. The number of ketones is 1. The lowest BCUT2D eigenvalue weighted by Gasteiger charge is -2.16. The van der Waals surface area contributed by atoms with Crippen molar-refractivity contribution in [3.63, 3.8) is 0 Å². The zero-order valence-electron chi connectivity index (χ0n) is 17.6. The first-order chi connectivity index (χ1) is 14.3. The molecule has 1 N–H and O–H groups in total. The van der Waals surface area contributed by atoms with Gasteiger partial charge in [0.15, 0.2) is 23.4 Å². The molecular weight excluding hydrogens is 390 g/mol. The number of rotatable bonds is 9. The molecule has 2 rings (SSSR count). The minimum Gasteiger partial charge on any atom is -0.493 e. The third-order valence-electron chi connectivity index (χ3n) is 4.31. The Morgan fingerprint density at radius 3 is 1.97 bits per heavy atom. The molecule has 30 heavy (non-hydrogen) atoms. The van der Waals surface area contributed by atoms with Crippen LogP contribution in [0.25, 0.3) is 0 Å². The summed E-state index contributed by atoms with van der Waals surface area (Å²) >= 11 is 0. The average Bonchev–Trinajstić information content (AvgIpc) is 2.73. The Kier molecular flexibility index (Phi) is 7.80. The number of carbonyl (C=O) groups excluding carboxylic acids is 3. The van der Waals surface area contributed by atoms with Gasteiger partial charge in [0.1, 0.15) is 0 Å². The lowest BCUT2D eigenvalue weighted by atomic mass is 10.1. The monoisotopic (exact) mass is 415 g/mol. The van der Waals surface area contributed by atoms with Crippen LogP contribution in [0, 0.1) is 0 Å². The Morgan fingerprint density at radius 2 is 1.50 bits per heavy atom. The van der Waals surface area contributed by atoms with Crippen LogP contribution in [0.5, 0.6) is 17.2 Å². The molecule has 0 bridgehead atoms. The molecule has 8 heteroatoms. The van der Waals surface area contributed by atoms with Crippen LogP contribution >= 0.6 is 0 Å². The van der Waals surface area contributed by atoms with Crippen molar-refractivity contribution in [3.05, 3.63) is 47.5 Å². The van der Waals surface area contributed by atoms with Crippen molar-refractivity contribution in [1.82, 2.24) is 0 Å². The maximum atomic E-state index is 12.3. The quantitative estimate of drug-likeness (QED) is 0.496. The van der Waals surface area contributed by atoms with E-state index in [1.807, 2.05) is 0 Å². The van der Waals surface area contributed by atoms with Crippen molar-refractivity contribution in [2.45, 2.75) is 26.4 Å². The Labute approximate surface area is 175 Å². The average molecular weight is 415 g/mol. The van der Waals surface area contributed by atoms with E-state index in [9.17, 15) is 14.4 Å². The number of hydrogen-bond acceptors (Lipinski definition) is 7. The van der Waals surface area contributed by atoms with Crippen LogP contribution in [0.4, 0.5) is 5.69 Å². The minimum absolute atomic E-state index is 0.0676. The van der Waals surface area contributed by atoms with Crippen molar-refractivity contribution in [2.75, 3.05) is 26.6 Å². The number of Topliss-reactive ketones (excluding diaryl/α,β-unsaturated/α-hetero) is 1. The Balaban J connectivity index is 2.00. The largest absolute Gasteiger partial charge is 0.493 e. The summed E-state index contributed by atoms with van der Waals surface area (Å²) in [6.45, 7) is 2.94. The highest BCUT2D eigenvalue weighted by Gasteiger charge is 2.20. The van der Waals surface area contributed by atoms with E-state index in [1.54, 1.807) is 36.4 Å². The first kappa shape index (κ1) is 22.7. The van der Waals surface area contributed by atoms with E-state index in [2.05, 4.69) is 5.32 Å². The summed E-state index contributed by atoms with van der Waals surface area (Å²) in [6, 6.07) is 9.73. The molecule has 0 aromatic heterocycles. The van der Waals surface area contributed by atoms with Gasteiger partial charge >= 0.3 is 5.97 Å². The lowest BCUT2D eigenvalue weighted by Crippen LogP contribution is -2.30. The van der Waals surface area contributed by atoms with Gasteiger partial charge < -0.3 is 24.3 Å². The Morgan fingerprint density at radius 1 is 0.933 bits per heavy atom. The summed E-state index contributed by atoms with van der Waals surface area (Å²) < 4.78 is 21.0. The maximum absolute atomic E-state index is 12.3. The molecule has 160 valence electrons. The molecule has 2 aromatic rings. The van der Waals surface area contributed by atoms with Gasteiger partial charge in [0.05, 0.1) is 27.8 Å². The molecule has 0 aliphatic heterocycles. The molecule has 1 atom stereocenters. The van der Waals surface area contributed by atoms with E-state index in [1.165, 1.54) is 35.2 Å². The van der Waals surface area contributed by atoms with Gasteiger partial charge in [0.25, 0.3) is 5.91 Å². The molecule has 0 saturated carbocycles. The first-order valence-electron chi connectivity index (χ1n) is 9.19. The van der Waals surface area contributed by atoms with Crippen molar-refractivity contribution >= 4 is 23.3 Å². The third kappa shape index (κ3) is 5.73. The smallest absolute Gasteiger partial charge is 0.311 e. The van der Waals surface area contributed by atoms with Gasteiger partial charge in [-0.3, -0.25) is 14.4 Å². The van der Waals surface area contributed by atoms with E-state index in [-0.39, 0.29) is 12.2 Å². The van der Waals surface area contributed by atoms with E-state index in [4.69, 9.17) is 18.9 Å². The summed E-state index contributed by atoms with van der Waals surface area (Å²) in [6.07, 6.45) is -1.09. The summed E-state index contributed by atoms with van der Waals surface area (Å²) in [5.41, 5.74) is 1.62. The van der Waals surface area contributed by atoms with Crippen LogP contribution in [0.2, 0.25) is 0 Å². The van der Waals surface area contributed by atoms with Crippen LogP contribution in [0.3, 0.4) is 0 Å².